The third kappa shape index (κ3) is 5.15. The molecule has 9 heteroatoms. The van der Waals surface area contributed by atoms with Crippen molar-refractivity contribution < 1.29 is 19.1 Å². The van der Waals surface area contributed by atoms with Gasteiger partial charge in [0.1, 0.15) is 17.7 Å². The lowest BCUT2D eigenvalue weighted by Gasteiger charge is -2.23. The molecule has 3 aliphatic carbocycles. The van der Waals surface area contributed by atoms with Crippen LogP contribution >= 0.6 is 11.6 Å². The van der Waals surface area contributed by atoms with Gasteiger partial charge in [-0.05, 0) is 68.6 Å². The quantitative estimate of drug-likeness (QED) is 0.496. The van der Waals surface area contributed by atoms with Crippen LogP contribution in [0, 0.1) is 23.2 Å². The number of alkyl carbamates (subject to hydrolysis) is 1. The number of rotatable bonds is 9. The van der Waals surface area contributed by atoms with E-state index in [2.05, 4.69) is 22.0 Å². The fraction of sp³-hybridized carbons (Fsp3) is 0.600. The van der Waals surface area contributed by atoms with Gasteiger partial charge < -0.3 is 20.7 Å². The maximum atomic E-state index is 13.1. The van der Waals surface area contributed by atoms with Crippen LogP contribution in [0.2, 0.25) is 5.02 Å². The summed E-state index contributed by atoms with van der Waals surface area (Å²) in [5.41, 5.74) is 0.0540. The summed E-state index contributed by atoms with van der Waals surface area (Å²) in [7, 11) is 0. The third-order valence-electron chi connectivity index (χ3n) is 7.46. The maximum Gasteiger partial charge on any atom is 0.408 e. The van der Waals surface area contributed by atoms with Crippen molar-refractivity contribution in [3.8, 4) is 6.07 Å². The van der Waals surface area contributed by atoms with Crippen molar-refractivity contribution in [3.05, 3.63) is 34.9 Å². The first-order valence-corrected chi connectivity index (χ1v) is 12.5. The Balaban J connectivity index is 1.19. The second kappa shape index (κ2) is 8.77. The van der Waals surface area contributed by atoms with Gasteiger partial charge in [-0.1, -0.05) is 36.6 Å². The first kappa shape index (κ1) is 23.0. The Morgan fingerprint density at radius 2 is 1.97 bits per heavy atom. The summed E-state index contributed by atoms with van der Waals surface area (Å²) in [5.74, 6) is -0.365. The number of hydrogen-bond acceptors (Lipinski definition) is 5. The van der Waals surface area contributed by atoms with Crippen molar-refractivity contribution in [1.29, 1.82) is 5.26 Å². The summed E-state index contributed by atoms with van der Waals surface area (Å²) in [5, 5.41) is 18.7. The van der Waals surface area contributed by atoms with Gasteiger partial charge in [0.2, 0.25) is 11.8 Å². The number of benzene rings is 1. The average molecular weight is 485 g/mol. The van der Waals surface area contributed by atoms with Gasteiger partial charge in [-0.15, -0.1) is 0 Å². The minimum atomic E-state index is -0.794. The van der Waals surface area contributed by atoms with Crippen LogP contribution in [0.3, 0.4) is 0 Å². The molecule has 1 aliphatic heterocycles. The van der Waals surface area contributed by atoms with Crippen molar-refractivity contribution in [2.24, 2.45) is 11.8 Å². The van der Waals surface area contributed by atoms with Crippen molar-refractivity contribution in [1.82, 2.24) is 16.0 Å². The zero-order valence-corrected chi connectivity index (χ0v) is 19.7. The van der Waals surface area contributed by atoms with Crippen LogP contribution in [0.15, 0.2) is 24.3 Å². The number of carbonyl (C=O) groups excluding carboxylic acids is 3. The molecule has 180 valence electrons. The predicted octanol–water partition coefficient (Wildman–Crippen LogP) is 3.29. The number of carbonyl (C=O) groups is 3. The van der Waals surface area contributed by atoms with Crippen molar-refractivity contribution >= 4 is 29.5 Å². The van der Waals surface area contributed by atoms with Crippen LogP contribution in [-0.2, 0) is 19.9 Å². The number of nitrogens with zero attached hydrogens (tertiary/aromatic N) is 1. The lowest BCUT2D eigenvalue weighted by atomic mass is 9.96. The molecule has 0 bridgehead atoms. The highest BCUT2D eigenvalue weighted by Crippen LogP contribution is 2.50. The highest BCUT2D eigenvalue weighted by molar-refractivity contribution is 6.30. The van der Waals surface area contributed by atoms with E-state index in [4.69, 9.17) is 16.3 Å². The van der Waals surface area contributed by atoms with Crippen LogP contribution < -0.4 is 16.0 Å². The lowest BCUT2D eigenvalue weighted by Crippen LogP contribution is -2.50. The van der Waals surface area contributed by atoms with Gasteiger partial charge in [0.15, 0.2) is 0 Å². The molecule has 8 nitrogen and oxygen atoms in total. The molecule has 4 fully saturated rings. The molecular formula is C25H29ClN4O4. The van der Waals surface area contributed by atoms with Gasteiger partial charge >= 0.3 is 6.09 Å². The normalized spacial score (nSPS) is 24.9. The fourth-order valence-corrected chi connectivity index (χ4v) is 5.14. The van der Waals surface area contributed by atoms with Crippen molar-refractivity contribution in [2.45, 2.75) is 81.0 Å². The minimum absolute atomic E-state index is 0.0426. The van der Waals surface area contributed by atoms with Gasteiger partial charge in [-0.3, -0.25) is 9.59 Å². The van der Waals surface area contributed by atoms with E-state index in [1.165, 1.54) is 0 Å². The molecule has 5 rings (SSSR count). The van der Waals surface area contributed by atoms with Crippen LogP contribution in [0.25, 0.3) is 0 Å². The van der Waals surface area contributed by atoms with Gasteiger partial charge in [0, 0.05) is 16.5 Å². The standard InChI is InChI=1S/C25H29ClN4O4/c26-18-3-1-2-17(12-18)25(8-9-25)34-23(33)29-20(10-15-4-5-15)22(32)28-19(14-27)11-16-13-24(6-7-24)30-21(16)31/h1-3,12,15-16,19-20H,4-11,13H2,(H,28,32)(H,29,33)(H,30,31)/t16-,19+,20+/m1/s1. The smallest absolute Gasteiger partial charge is 0.408 e. The minimum Gasteiger partial charge on any atom is -0.438 e. The molecule has 4 aliphatic rings. The Bertz CT molecular complexity index is 1040. The Hall–Kier alpha value is -2.79. The summed E-state index contributed by atoms with van der Waals surface area (Å²) < 4.78 is 5.75. The average Bonchev–Trinajstić information content (AvgIpc) is 3.67. The summed E-state index contributed by atoms with van der Waals surface area (Å²) in [6.45, 7) is 0. The van der Waals surface area contributed by atoms with E-state index < -0.39 is 29.7 Å². The van der Waals surface area contributed by atoms with E-state index in [1.807, 2.05) is 12.1 Å². The molecule has 1 spiro atoms. The zero-order chi connectivity index (χ0) is 23.9. The summed E-state index contributed by atoms with van der Waals surface area (Å²) in [6.07, 6.45) is 6.20. The van der Waals surface area contributed by atoms with Crippen LogP contribution in [-0.4, -0.2) is 35.5 Å². The number of ether oxygens (including phenoxy) is 1. The Morgan fingerprint density at radius 3 is 2.56 bits per heavy atom. The van der Waals surface area contributed by atoms with Crippen LogP contribution in [0.1, 0.15) is 63.4 Å². The molecule has 34 heavy (non-hydrogen) atoms. The zero-order valence-electron chi connectivity index (χ0n) is 18.9. The molecule has 1 aromatic rings. The van der Waals surface area contributed by atoms with E-state index in [9.17, 15) is 19.6 Å². The molecule has 3 atom stereocenters. The number of halogens is 1. The van der Waals surface area contributed by atoms with Gasteiger partial charge in [0.05, 0.1) is 6.07 Å². The summed E-state index contributed by atoms with van der Waals surface area (Å²) in [4.78, 5) is 38.1. The topological polar surface area (TPSA) is 120 Å². The SMILES string of the molecule is N#C[C@H](C[C@@H]1CC2(CC2)NC1=O)NC(=O)[C@H](CC1CC1)NC(=O)OC1(c2cccc(Cl)c2)CC1. The molecule has 1 saturated heterocycles. The molecule has 3 N–H and O–H groups in total. The van der Waals surface area contributed by atoms with Crippen molar-refractivity contribution in [3.63, 3.8) is 0 Å². The molecule has 3 amide bonds. The predicted molar refractivity (Wildman–Crippen MR) is 123 cm³/mol. The fourth-order valence-electron chi connectivity index (χ4n) is 4.95. The summed E-state index contributed by atoms with van der Waals surface area (Å²) in [6, 6.07) is 7.78. The molecule has 0 radical (unpaired) electrons. The van der Waals surface area contributed by atoms with Gasteiger partial charge in [-0.25, -0.2) is 4.79 Å². The van der Waals surface area contributed by atoms with E-state index in [-0.39, 0.29) is 23.8 Å². The first-order chi connectivity index (χ1) is 16.3. The van der Waals surface area contributed by atoms with Crippen molar-refractivity contribution in [2.75, 3.05) is 0 Å². The van der Waals surface area contributed by atoms with E-state index in [1.54, 1.807) is 12.1 Å². The molecule has 0 aromatic heterocycles. The number of hydrogen-bond donors (Lipinski definition) is 3. The number of nitriles is 1. The lowest BCUT2D eigenvalue weighted by molar-refractivity contribution is -0.125. The van der Waals surface area contributed by atoms with Crippen LogP contribution in [0.5, 0.6) is 0 Å². The number of amides is 3. The molecule has 1 aromatic carbocycles. The van der Waals surface area contributed by atoms with E-state index >= 15 is 0 Å². The van der Waals surface area contributed by atoms with Crippen LogP contribution in [0.4, 0.5) is 4.79 Å². The second-order valence-corrected chi connectivity index (χ2v) is 10.8. The Labute approximate surface area is 203 Å². The largest absolute Gasteiger partial charge is 0.438 e. The Kier molecular flexibility index (Phi) is 5.93. The Morgan fingerprint density at radius 1 is 1.21 bits per heavy atom. The number of nitrogens with one attached hydrogen (secondary N) is 3. The molecule has 1 heterocycles. The highest BCUT2D eigenvalue weighted by atomic mass is 35.5. The van der Waals surface area contributed by atoms with Gasteiger partial charge in [0.25, 0.3) is 0 Å². The first-order valence-electron chi connectivity index (χ1n) is 12.1. The third-order valence-corrected chi connectivity index (χ3v) is 7.69. The monoisotopic (exact) mass is 484 g/mol. The summed E-state index contributed by atoms with van der Waals surface area (Å²) >= 11 is 6.10. The van der Waals surface area contributed by atoms with Gasteiger partial charge in [-0.2, -0.15) is 5.26 Å². The van der Waals surface area contributed by atoms with E-state index in [0.29, 0.717) is 36.6 Å². The second-order valence-electron chi connectivity index (χ2n) is 10.4. The molecular weight excluding hydrogens is 456 g/mol. The maximum absolute atomic E-state index is 13.1. The van der Waals surface area contributed by atoms with E-state index in [0.717, 1.165) is 31.2 Å². The highest BCUT2D eigenvalue weighted by Gasteiger charge is 2.52. The molecule has 3 saturated carbocycles. The molecule has 0 unspecified atom stereocenters.